The van der Waals surface area contributed by atoms with Crippen LogP contribution < -0.4 is 0 Å². The van der Waals surface area contributed by atoms with Crippen LogP contribution in [0.1, 0.15) is 50.6 Å². The van der Waals surface area contributed by atoms with Crippen molar-refractivity contribution in [1.29, 1.82) is 0 Å². The summed E-state index contributed by atoms with van der Waals surface area (Å²) in [6, 6.07) is 19.9. The maximum Gasteiger partial charge on any atom is 0.262 e. The van der Waals surface area contributed by atoms with E-state index in [1.165, 1.54) is 27.6 Å². The monoisotopic (exact) mass is 556 g/mol. The van der Waals surface area contributed by atoms with Crippen LogP contribution in [-0.4, -0.2) is 78.3 Å². The van der Waals surface area contributed by atoms with Crippen molar-refractivity contribution in [3.8, 4) is 0 Å². The van der Waals surface area contributed by atoms with E-state index < -0.39 is 11.7 Å². The smallest absolute Gasteiger partial charge is 0.262 e. The van der Waals surface area contributed by atoms with E-state index in [1.54, 1.807) is 12.1 Å². The zero-order chi connectivity index (χ0) is 28.9. The van der Waals surface area contributed by atoms with Gasteiger partial charge in [-0.05, 0) is 61.2 Å². The van der Waals surface area contributed by atoms with Crippen LogP contribution in [0.25, 0.3) is 0 Å². The average Bonchev–Trinajstić information content (AvgIpc) is 3.43. The number of hydrogen-bond donors (Lipinski definition) is 0. The summed E-state index contributed by atoms with van der Waals surface area (Å²) in [4.78, 5) is 31.2. The maximum atomic E-state index is 14.7. The van der Waals surface area contributed by atoms with Crippen LogP contribution in [0.2, 0.25) is 0 Å². The van der Waals surface area contributed by atoms with Gasteiger partial charge in [0.2, 0.25) is 0 Å². The zero-order valence-electron chi connectivity index (χ0n) is 24.0. The van der Waals surface area contributed by atoms with Crippen molar-refractivity contribution in [3.05, 3.63) is 106 Å². The van der Waals surface area contributed by atoms with Crippen molar-refractivity contribution >= 4 is 17.5 Å². The molecule has 0 bridgehead atoms. The summed E-state index contributed by atoms with van der Waals surface area (Å²) < 4.78 is 20.1. The Hall–Kier alpha value is -3.88. The third kappa shape index (κ3) is 6.72. The summed E-state index contributed by atoms with van der Waals surface area (Å²) in [5.74, 6) is -1.41. The number of carbonyl (C=O) groups excluding carboxylic acids is 2. The summed E-state index contributed by atoms with van der Waals surface area (Å²) in [7, 11) is 0. The molecular formula is C33H37FN4O3. The highest BCUT2D eigenvalue weighted by molar-refractivity contribution is 6.04. The van der Waals surface area contributed by atoms with Crippen molar-refractivity contribution in [2.45, 2.75) is 33.2 Å². The van der Waals surface area contributed by atoms with Crippen LogP contribution in [-0.2, 0) is 9.53 Å². The molecule has 3 aromatic carbocycles. The van der Waals surface area contributed by atoms with Gasteiger partial charge in [0, 0.05) is 32.6 Å². The minimum atomic E-state index is -0.602. The van der Waals surface area contributed by atoms with E-state index in [2.05, 4.69) is 30.9 Å². The number of halogens is 1. The van der Waals surface area contributed by atoms with Crippen LogP contribution >= 0.6 is 0 Å². The van der Waals surface area contributed by atoms with Gasteiger partial charge < -0.3 is 9.64 Å². The first-order valence-corrected chi connectivity index (χ1v) is 14.2. The Kier molecular flexibility index (Phi) is 8.90. The quantitative estimate of drug-likeness (QED) is 0.396. The largest absolute Gasteiger partial charge is 0.379 e. The number of carbonyl (C=O) groups is 2. The highest BCUT2D eigenvalue weighted by Gasteiger charge is 2.35. The molecule has 7 nitrogen and oxygen atoms in total. The Bertz CT molecular complexity index is 1430. The number of hydrazone groups is 1. The second kappa shape index (κ2) is 12.7. The van der Waals surface area contributed by atoms with Crippen molar-refractivity contribution in [1.82, 2.24) is 14.8 Å². The molecule has 214 valence electrons. The van der Waals surface area contributed by atoms with E-state index in [1.807, 2.05) is 37.3 Å². The third-order valence-electron chi connectivity index (χ3n) is 7.98. The Labute approximate surface area is 241 Å². The first kappa shape index (κ1) is 28.6. The third-order valence-corrected chi connectivity index (χ3v) is 7.98. The highest BCUT2D eigenvalue weighted by atomic mass is 19.1. The molecule has 2 amide bonds. The highest BCUT2D eigenvalue weighted by Crippen LogP contribution is 2.33. The fraction of sp³-hybridized carbons (Fsp3) is 0.364. The van der Waals surface area contributed by atoms with Gasteiger partial charge >= 0.3 is 0 Å². The van der Waals surface area contributed by atoms with Gasteiger partial charge in [-0.1, -0.05) is 54.1 Å². The van der Waals surface area contributed by atoms with Gasteiger partial charge in [0.05, 0.1) is 30.5 Å². The molecule has 0 N–H and O–H groups in total. The summed E-state index contributed by atoms with van der Waals surface area (Å²) in [5.41, 5.74) is 6.22. The number of morpholine rings is 1. The normalized spacial score (nSPS) is 17.4. The molecule has 41 heavy (non-hydrogen) atoms. The molecule has 1 atom stereocenters. The molecule has 0 unspecified atom stereocenters. The molecule has 1 fully saturated rings. The summed E-state index contributed by atoms with van der Waals surface area (Å²) in [6.45, 7) is 9.56. The number of hydrogen-bond acceptors (Lipinski definition) is 5. The number of aryl methyl sites for hydroxylation is 3. The lowest BCUT2D eigenvalue weighted by Crippen LogP contribution is -2.46. The zero-order valence-corrected chi connectivity index (χ0v) is 24.0. The predicted molar refractivity (Wildman–Crippen MR) is 157 cm³/mol. The second-order valence-electron chi connectivity index (χ2n) is 10.9. The lowest BCUT2D eigenvalue weighted by Gasteiger charge is -2.31. The molecule has 0 aromatic heterocycles. The van der Waals surface area contributed by atoms with E-state index in [0.717, 1.165) is 41.1 Å². The van der Waals surface area contributed by atoms with Gasteiger partial charge in [-0.25, -0.2) is 9.40 Å². The summed E-state index contributed by atoms with van der Waals surface area (Å²) in [6.07, 6.45) is 0.562. The number of ether oxygens (including phenoxy) is 1. The SMILES string of the molecule is Cc1ccc([C@H]2CC(c3ccc(C)c(C)c3)=NN2C(=O)CN(CCN2CCOCC2)C(=O)c2ccccc2F)cc1. The standard InChI is InChI=1S/C33H37FN4O3/c1-23-8-11-26(12-9-23)31-21-30(27-13-10-24(2)25(3)20-27)35-38(31)32(39)22-37(15-14-36-16-18-41-19-17-36)33(40)28-6-4-5-7-29(28)34/h4-13,20,31H,14-19,21-22H2,1-3H3/t31-/m1/s1. The Balaban J connectivity index is 1.43. The topological polar surface area (TPSA) is 65.5 Å². The Morgan fingerprint density at radius 1 is 0.976 bits per heavy atom. The van der Waals surface area contributed by atoms with Crippen molar-refractivity contribution in [2.75, 3.05) is 45.9 Å². The van der Waals surface area contributed by atoms with Gasteiger partial charge in [0.15, 0.2) is 0 Å². The van der Waals surface area contributed by atoms with Crippen LogP contribution in [0.3, 0.4) is 0 Å². The molecule has 3 aromatic rings. The molecule has 5 rings (SSSR count). The van der Waals surface area contributed by atoms with E-state index in [4.69, 9.17) is 9.84 Å². The lowest BCUT2D eigenvalue weighted by molar-refractivity contribution is -0.133. The molecule has 0 radical (unpaired) electrons. The van der Waals surface area contributed by atoms with Crippen LogP contribution in [0.15, 0.2) is 71.8 Å². The van der Waals surface area contributed by atoms with E-state index in [9.17, 15) is 14.0 Å². The Morgan fingerprint density at radius 3 is 2.41 bits per heavy atom. The number of benzene rings is 3. The Morgan fingerprint density at radius 2 is 1.71 bits per heavy atom. The molecule has 8 heteroatoms. The summed E-state index contributed by atoms with van der Waals surface area (Å²) >= 11 is 0. The molecule has 1 saturated heterocycles. The van der Waals surface area contributed by atoms with E-state index >= 15 is 0 Å². The minimum absolute atomic E-state index is 0.0434. The molecule has 2 aliphatic rings. The molecule has 0 saturated carbocycles. The predicted octanol–water partition coefficient (Wildman–Crippen LogP) is 4.90. The lowest BCUT2D eigenvalue weighted by atomic mass is 9.96. The number of nitrogens with zero attached hydrogens (tertiary/aromatic N) is 4. The average molecular weight is 557 g/mol. The maximum absolute atomic E-state index is 14.7. The number of rotatable bonds is 8. The van der Waals surface area contributed by atoms with Crippen LogP contribution in [0, 0.1) is 26.6 Å². The van der Waals surface area contributed by atoms with Gasteiger partial charge in [0.1, 0.15) is 12.4 Å². The van der Waals surface area contributed by atoms with Crippen molar-refractivity contribution < 1.29 is 18.7 Å². The van der Waals surface area contributed by atoms with Gasteiger partial charge in [0.25, 0.3) is 11.8 Å². The van der Waals surface area contributed by atoms with Crippen LogP contribution in [0.4, 0.5) is 4.39 Å². The van der Waals surface area contributed by atoms with Gasteiger partial charge in [-0.15, -0.1) is 0 Å². The first-order chi connectivity index (χ1) is 19.8. The molecule has 2 aliphatic heterocycles. The fourth-order valence-corrected chi connectivity index (χ4v) is 5.26. The molecular weight excluding hydrogens is 519 g/mol. The van der Waals surface area contributed by atoms with Crippen molar-refractivity contribution in [3.63, 3.8) is 0 Å². The molecule has 2 heterocycles. The van der Waals surface area contributed by atoms with E-state index in [-0.39, 0.29) is 30.6 Å². The van der Waals surface area contributed by atoms with Gasteiger partial charge in [-0.2, -0.15) is 5.10 Å². The fourth-order valence-electron chi connectivity index (χ4n) is 5.26. The summed E-state index contributed by atoms with van der Waals surface area (Å²) in [5, 5.41) is 6.34. The van der Waals surface area contributed by atoms with Crippen LogP contribution in [0.5, 0.6) is 0 Å². The van der Waals surface area contributed by atoms with Crippen molar-refractivity contribution in [2.24, 2.45) is 5.10 Å². The first-order valence-electron chi connectivity index (χ1n) is 14.2. The van der Waals surface area contributed by atoms with E-state index in [0.29, 0.717) is 26.2 Å². The van der Waals surface area contributed by atoms with Gasteiger partial charge in [-0.3, -0.25) is 14.5 Å². The number of amides is 2. The molecule has 0 aliphatic carbocycles. The minimum Gasteiger partial charge on any atom is -0.379 e. The molecule has 0 spiro atoms. The second-order valence-corrected chi connectivity index (χ2v) is 10.9.